The molecular weight excluding hydrogens is 404 g/mol. The van der Waals surface area contributed by atoms with Crippen LogP contribution in [0.15, 0.2) is 82.6 Å². The average Bonchev–Trinajstić information content (AvgIpc) is 2.89. The van der Waals surface area contributed by atoms with Crippen LogP contribution in [0.4, 0.5) is 5.69 Å². The summed E-state index contributed by atoms with van der Waals surface area (Å²) >= 11 is 1.57. The summed E-state index contributed by atoms with van der Waals surface area (Å²) in [5.41, 5.74) is 3.06. The number of anilines is 1. The highest BCUT2D eigenvalue weighted by atomic mass is 32.2. The van der Waals surface area contributed by atoms with Gasteiger partial charge in [0.05, 0.1) is 17.8 Å². The van der Waals surface area contributed by atoms with Crippen LogP contribution in [0.25, 0.3) is 0 Å². The number of nitrogens with one attached hydrogen (secondary N) is 1. The zero-order valence-electron chi connectivity index (χ0n) is 17.8. The maximum atomic E-state index is 13.5. The molecule has 1 heterocycles. The van der Waals surface area contributed by atoms with Crippen LogP contribution in [0.3, 0.4) is 0 Å². The van der Waals surface area contributed by atoms with E-state index >= 15 is 0 Å². The minimum Gasteiger partial charge on any atom is -0.352 e. The molecule has 0 bridgehead atoms. The van der Waals surface area contributed by atoms with Crippen LogP contribution in [-0.2, 0) is 6.54 Å². The Morgan fingerprint density at radius 1 is 0.968 bits per heavy atom. The van der Waals surface area contributed by atoms with Gasteiger partial charge in [-0.2, -0.15) is 0 Å². The van der Waals surface area contributed by atoms with E-state index in [0.29, 0.717) is 30.1 Å². The minimum atomic E-state index is -0.109. The Balaban J connectivity index is 1.71. The lowest BCUT2D eigenvalue weighted by molar-refractivity contribution is 0.0948. The van der Waals surface area contributed by atoms with Gasteiger partial charge < -0.3 is 10.2 Å². The van der Waals surface area contributed by atoms with Gasteiger partial charge in [-0.05, 0) is 48.2 Å². The molecule has 0 saturated carbocycles. The first-order valence-corrected chi connectivity index (χ1v) is 11.4. The lowest BCUT2D eigenvalue weighted by Gasteiger charge is -2.24. The van der Waals surface area contributed by atoms with E-state index in [9.17, 15) is 9.59 Å². The summed E-state index contributed by atoms with van der Waals surface area (Å²) in [4.78, 5) is 30.0. The highest BCUT2D eigenvalue weighted by Gasteiger charge is 2.28. The van der Waals surface area contributed by atoms with Crippen LogP contribution in [0.5, 0.6) is 0 Å². The molecule has 2 amide bonds. The van der Waals surface area contributed by atoms with E-state index in [0.717, 1.165) is 27.5 Å². The summed E-state index contributed by atoms with van der Waals surface area (Å²) in [6.07, 6.45) is 0.931. The summed E-state index contributed by atoms with van der Waals surface area (Å²) in [7, 11) is 0. The van der Waals surface area contributed by atoms with Crippen LogP contribution in [0.1, 0.15) is 46.5 Å². The molecule has 4 rings (SSSR count). The van der Waals surface area contributed by atoms with E-state index < -0.39 is 0 Å². The Labute approximate surface area is 187 Å². The van der Waals surface area contributed by atoms with E-state index in [-0.39, 0.29) is 11.8 Å². The second-order valence-electron chi connectivity index (χ2n) is 8.10. The summed E-state index contributed by atoms with van der Waals surface area (Å²) in [6, 6.07) is 23.3. The largest absolute Gasteiger partial charge is 0.352 e. The number of rotatable bonds is 6. The Hall–Kier alpha value is -3.05. The van der Waals surface area contributed by atoms with Gasteiger partial charge in [0, 0.05) is 21.9 Å². The van der Waals surface area contributed by atoms with Gasteiger partial charge in [0.25, 0.3) is 11.8 Å². The van der Waals surface area contributed by atoms with Gasteiger partial charge in [0.1, 0.15) is 0 Å². The van der Waals surface area contributed by atoms with E-state index in [4.69, 9.17) is 0 Å². The predicted molar refractivity (Wildman–Crippen MR) is 126 cm³/mol. The third-order valence-corrected chi connectivity index (χ3v) is 6.43. The van der Waals surface area contributed by atoms with Crippen molar-refractivity contribution in [2.75, 3.05) is 11.4 Å². The fraction of sp³-hybridized carbons (Fsp3) is 0.231. The van der Waals surface area contributed by atoms with Crippen molar-refractivity contribution in [1.29, 1.82) is 0 Å². The molecule has 0 atom stereocenters. The van der Waals surface area contributed by atoms with Gasteiger partial charge in [-0.15, -0.1) is 0 Å². The van der Waals surface area contributed by atoms with Crippen molar-refractivity contribution in [3.05, 3.63) is 89.5 Å². The molecule has 0 radical (unpaired) electrons. The van der Waals surface area contributed by atoms with Gasteiger partial charge in [-0.3, -0.25) is 9.59 Å². The van der Waals surface area contributed by atoms with Crippen molar-refractivity contribution in [2.45, 2.75) is 36.6 Å². The Kier molecular flexibility index (Phi) is 6.42. The molecule has 158 valence electrons. The van der Waals surface area contributed by atoms with Gasteiger partial charge in [0.2, 0.25) is 0 Å². The fourth-order valence-electron chi connectivity index (χ4n) is 3.56. The molecule has 0 unspecified atom stereocenters. The van der Waals surface area contributed by atoms with Crippen LogP contribution in [0.2, 0.25) is 0 Å². The molecule has 1 N–H and O–H groups in total. The summed E-state index contributed by atoms with van der Waals surface area (Å²) < 4.78 is 0. The molecule has 1 aliphatic rings. The molecule has 3 aromatic rings. The van der Waals surface area contributed by atoms with E-state index in [2.05, 4.69) is 19.2 Å². The van der Waals surface area contributed by atoms with Crippen molar-refractivity contribution in [1.82, 2.24) is 5.32 Å². The average molecular weight is 431 g/mol. The zero-order chi connectivity index (χ0) is 21.8. The van der Waals surface area contributed by atoms with Crippen molar-refractivity contribution < 1.29 is 9.59 Å². The number of carbonyl (C=O) groups excluding carboxylic acids is 2. The lowest BCUT2D eigenvalue weighted by atomic mass is 10.1. The molecule has 4 nitrogen and oxygen atoms in total. The summed E-state index contributed by atoms with van der Waals surface area (Å²) in [5.74, 6) is 0.367. The Morgan fingerprint density at radius 3 is 2.48 bits per heavy atom. The molecule has 5 heteroatoms. The molecule has 0 aliphatic carbocycles. The topological polar surface area (TPSA) is 49.4 Å². The molecular formula is C26H26N2O2S. The first-order valence-electron chi connectivity index (χ1n) is 10.6. The first kappa shape index (κ1) is 21.2. The van der Waals surface area contributed by atoms with Crippen molar-refractivity contribution in [2.24, 2.45) is 5.92 Å². The molecule has 0 saturated heterocycles. The monoisotopic (exact) mass is 430 g/mol. The number of fused-ring (bicyclic) bond motifs is 2. The first-order chi connectivity index (χ1) is 15.0. The Bertz CT molecular complexity index is 1100. The van der Waals surface area contributed by atoms with Gasteiger partial charge in [-0.25, -0.2) is 0 Å². The third-order valence-electron chi connectivity index (χ3n) is 5.29. The highest BCUT2D eigenvalue weighted by molar-refractivity contribution is 7.99. The number of amides is 2. The van der Waals surface area contributed by atoms with E-state index in [1.807, 2.05) is 72.8 Å². The number of carbonyl (C=O) groups is 2. The van der Waals surface area contributed by atoms with E-state index in [1.165, 1.54) is 0 Å². The molecule has 0 fully saturated rings. The minimum absolute atomic E-state index is 0.0527. The molecule has 3 aromatic carbocycles. The third kappa shape index (κ3) is 4.83. The SMILES string of the molecule is CC(C)CCNC(=O)c1ccc2c(c1)N(Cc1ccccc1)C(=O)c1ccccc1S2. The van der Waals surface area contributed by atoms with Gasteiger partial charge >= 0.3 is 0 Å². The maximum absolute atomic E-state index is 13.5. The number of hydrogen-bond acceptors (Lipinski definition) is 3. The second kappa shape index (κ2) is 9.40. The highest BCUT2D eigenvalue weighted by Crippen LogP contribution is 2.42. The number of benzene rings is 3. The molecule has 0 spiro atoms. The van der Waals surface area contributed by atoms with Crippen molar-refractivity contribution in [3.8, 4) is 0 Å². The normalized spacial score (nSPS) is 12.9. The lowest BCUT2D eigenvalue weighted by Crippen LogP contribution is -2.31. The molecule has 31 heavy (non-hydrogen) atoms. The molecule has 0 aromatic heterocycles. The van der Waals surface area contributed by atoms with Crippen LogP contribution >= 0.6 is 11.8 Å². The summed E-state index contributed by atoms with van der Waals surface area (Å²) in [6.45, 7) is 5.35. The van der Waals surface area contributed by atoms with Gasteiger partial charge in [-0.1, -0.05) is 68.1 Å². The predicted octanol–water partition coefficient (Wildman–Crippen LogP) is 5.77. The van der Waals surface area contributed by atoms with Crippen LogP contribution in [-0.4, -0.2) is 18.4 Å². The van der Waals surface area contributed by atoms with Gasteiger partial charge in [0.15, 0.2) is 0 Å². The van der Waals surface area contributed by atoms with Crippen molar-refractivity contribution in [3.63, 3.8) is 0 Å². The Morgan fingerprint density at radius 2 is 1.71 bits per heavy atom. The standard InChI is InChI=1S/C26H26N2O2S/c1-18(2)14-15-27-25(29)20-12-13-24-22(16-20)28(17-19-8-4-3-5-9-19)26(30)21-10-6-7-11-23(21)31-24/h3-13,16,18H,14-15,17H2,1-2H3,(H,27,29). The second-order valence-corrected chi connectivity index (χ2v) is 9.18. The zero-order valence-corrected chi connectivity index (χ0v) is 18.6. The number of nitrogens with zero attached hydrogens (tertiary/aromatic N) is 1. The summed E-state index contributed by atoms with van der Waals surface area (Å²) in [5, 5.41) is 3.00. The van der Waals surface area contributed by atoms with Crippen molar-refractivity contribution >= 4 is 29.3 Å². The maximum Gasteiger partial charge on any atom is 0.259 e. The van der Waals surface area contributed by atoms with Crippen LogP contribution in [0, 0.1) is 5.92 Å². The fourth-order valence-corrected chi connectivity index (χ4v) is 4.62. The molecule has 1 aliphatic heterocycles. The number of hydrogen-bond donors (Lipinski definition) is 1. The van der Waals surface area contributed by atoms with E-state index in [1.54, 1.807) is 16.7 Å². The quantitative estimate of drug-likeness (QED) is 0.540. The van der Waals surface area contributed by atoms with Crippen LogP contribution < -0.4 is 10.2 Å². The smallest absolute Gasteiger partial charge is 0.259 e.